The molecule has 0 aromatic heterocycles. The van der Waals surface area contributed by atoms with Gasteiger partial charge in [-0.25, -0.2) is 4.99 Å². The molecule has 1 atom stereocenters. The van der Waals surface area contributed by atoms with E-state index in [1.807, 2.05) is 0 Å². The molecule has 1 heterocycles. The normalized spacial score (nSPS) is 20.0. The van der Waals surface area contributed by atoms with Crippen LogP contribution in [0.5, 0.6) is 0 Å². The third-order valence-electron chi connectivity index (χ3n) is 5.91. The molecule has 4 N–H and O–H groups in total. The maximum Gasteiger partial charge on any atom is 0.226 e. The Hall–Kier alpha value is -2.08. The van der Waals surface area contributed by atoms with E-state index in [1.165, 1.54) is 31.2 Å². The topological polar surface area (TPSA) is 89.2 Å². The van der Waals surface area contributed by atoms with Gasteiger partial charge in [0.15, 0.2) is 5.66 Å². The Morgan fingerprint density at radius 2 is 1.75 bits per heavy atom. The number of rotatable bonds is 9. The Morgan fingerprint density at radius 1 is 1.04 bits per heavy atom. The summed E-state index contributed by atoms with van der Waals surface area (Å²) in [6, 6.07) is 10.8. The van der Waals surface area contributed by atoms with Gasteiger partial charge in [-0.15, -0.1) is 0 Å². The molecule has 1 saturated carbocycles. The first-order valence-electron chi connectivity index (χ1n) is 10.8. The smallest absolute Gasteiger partial charge is 0.226 e. The summed E-state index contributed by atoms with van der Waals surface area (Å²) in [6.07, 6.45) is 11.2. The molecule has 1 aliphatic heterocycles. The number of hydrogen-bond donors (Lipinski definition) is 2. The van der Waals surface area contributed by atoms with E-state index in [0.29, 0.717) is 18.5 Å². The van der Waals surface area contributed by atoms with Gasteiger partial charge in [0, 0.05) is 0 Å². The molecule has 1 unspecified atom stereocenters. The van der Waals surface area contributed by atoms with Crippen molar-refractivity contribution >= 4 is 11.9 Å². The molecule has 1 fully saturated rings. The largest absolute Gasteiger partial charge is 0.368 e. The van der Waals surface area contributed by atoms with Gasteiger partial charge in [0.2, 0.25) is 11.9 Å². The maximum atomic E-state index is 6.12. The van der Waals surface area contributed by atoms with Crippen LogP contribution in [-0.2, 0) is 4.84 Å². The SMILES string of the molecule is CC(CCCCCCON1C(N)=NC(N)=NC12CCCCC2)c1ccccc1. The van der Waals surface area contributed by atoms with Crippen molar-refractivity contribution in [3.63, 3.8) is 0 Å². The summed E-state index contributed by atoms with van der Waals surface area (Å²) in [5.74, 6) is 1.23. The molecule has 28 heavy (non-hydrogen) atoms. The van der Waals surface area contributed by atoms with Gasteiger partial charge < -0.3 is 11.5 Å². The lowest BCUT2D eigenvalue weighted by Gasteiger charge is -2.44. The van der Waals surface area contributed by atoms with Crippen molar-refractivity contribution in [2.75, 3.05) is 6.61 Å². The second kappa shape index (κ2) is 9.92. The van der Waals surface area contributed by atoms with Crippen LogP contribution in [0.15, 0.2) is 40.3 Å². The van der Waals surface area contributed by atoms with E-state index in [9.17, 15) is 0 Å². The number of nitrogens with zero attached hydrogens (tertiary/aromatic N) is 3. The maximum absolute atomic E-state index is 6.12. The summed E-state index contributed by atoms with van der Waals surface area (Å²) in [5.41, 5.74) is 13.0. The number of hydrogen-bond acceptors (Lipinski definition) is 6. The van der Waals surface area contributed by atoms with Gasteiger partial charge in [0.1, 0.15) is 0 Å². The molecule has 2 aliphatic rings. The highest BCUT2D eigenvalue weighted by Crippen LogP contribution is 2.36. The zero-order chi connectivity index (χ0) is 19.8. The number of unbranched alkanes of at least 4 members (excludes halogenated alkanes) is 3. The molecule has 1 aromatic carbocycles. The summed E-state index contributed by atoms with van der Waals surface area (Å²) < 4.78 is 0. The van der Waals surface area contributed by atoms with Gasteiger partial charge in [-0.2, -0.15) is 10.1 Å². The summed E-state index contributed by atoms with van der Waals surface area (Å²) >= 11 is 0. The molecular weight excluding hydrogens is 350 g/mol. The van der Waals surface area contributed by atoms with E-state index in [2.05, 4.69) is 47.2 Å². The van der Waals surface area contributed by atoms with Crippen LogP contribution in [0.2, 0.25) is 0 Å². The van der Waals surface area contributed by atoms with E-state index < -0.39 is 5.66 Å². The number of guanidine groups is 2. The van der Waals surface area contributed by atoms with Crippen molar-refractivity contribution in [2.45, 2.75) is 82.7 Å². The lowest BCUT2D eigenvalue weighted by atomic mass is 9.89. The predicted octanol–water partition coefficient (Wildman–Crippen LogP) is 4.28. The van der Waals surface area contributed by atoms with Gasteiger partial charge in [-0.05, 0) is 50.0 Å². The predicted molar refractivity (Wildman–Crippen MR) is 115 cm³/mol. The number of hydroxylamine groups is 2. The third kappa shape index (κ3) is 5.25. The van der Waals surface area contributed by atoms with E-state index >= 15 is 0 Å². The summed E-state index contributed by atoms with van der Waals surface area (Å²) in [4.78, 5) is 14.8. The lowest BCUT2D eigenvalue weighted by molar-refractivity contribution is -0.177. The molecule has 1 spiro atoms. The Morgan fingerprint density at radius 3 is 2.50 bits per heavy atom. The van der Waals surface area contributed by atoms with Gasteiger partial charge in [0.25, 0.3) is 0 Å². The zero-order valence-corrected chi connectivity index (χ0v) is 17.1. The van der Waals surface area contributed by atoms with Crippen molar-refractivity contribution in [1.29, 1.82) is 0 Å². The zero-order valence-electron chi connectivity index (χ0n) is 17.1. The molecular formula is C22H35N5O. The average Bonchev–Trinajstić information content (AvgIpc) is 2.70. The first kappa shape index (κ1) is 20.6. The van der Waals surface area contributed by atoms with Crippen LogP contribution in [0.1, 0.15) is 82.6 Å². The first-order valence-corrected chi connectivity index (χ1v) is 10.8. The molecule has 0 amide bonds. The molecule has 1 aromatic rings. The summed E-state index contributed by atoms with van der Waals surface area (Å²) in [6.45, 7) is 2.95. The van der Waals surface area contributed by atoms with Crippen LogP contribution < -0.4 is 11.5 Å². The standard InChI is InChI=1S/C22H35N5O/c1-18(19-13-7-4-8-14-19)12-6-2-3-11-17-28-27-21(24)25-20(23)26-22(27)15-9-5-10-16-22/h4,7-8,13-14,18H,2-3,5-6,9-12,15-17H2,1H3,(H4,23,24,25,26). The van der Waals surface area contributed by atoms with Gasteiger partial charge >= 0.3 is 0 Å². The second-order valence-electron chi connectivity index (χ2n) is 8.13. The minimum Gasteiger partial charge on any atom is -0.368 e. The first-order chi connectivity index (χ1) is 13.6. The van der Waals surface area contributed by atoms with Crippen molar-refractivity contribution < 1.29 is 4.84 Å². The molecule has 0 bridgehead atoms. The quantitative estimate of drug-likeness (QED) is 0.621. The van der Waals surface area contributed by atoms with Crippen LogP contribution in [0, 0.1) is 0 Å². The number of aliphatic imine (C=N–C) groups is 2. The monoisotopic (exact) mass is 385 g/mol. The van der Waals surface area contributed by atoms with Gasteiger partial charge in [-0.1, -0.05) is 62.9 Å². The van der Waals surface area contributed by atoms with Gasteiger partial charge in [-0.3, -0.25) is 4.84 Å². The number of benzene rings is 1. The van der Waals surface area contributed by atoms with Crippen LogP contribution in [-0.4, -0.2) is 29.3 Å². The fraction of sp³-hybridized carbons (Fsp3) is 0.636. The molecule has 154 valence electrons. The highest BCUT2D eigenvalue weighted by Gasteiger charge is 2.42. The van der Waals surface area contributed by atoms with Crippen LogP contribution >= 0.6 is 0 Å². The molecule has 3 rings (SSSR count). The third-order valence-corrected chi connectivity index (χ3v) is 5.91. The summed E-state index contributed by atoms with van der Waals surface area (Å²) in [5, 5.41) is 1.74. The molecule has 0 saturated heterocycles. The highest BCUT2D eigenvalue weighted by atomic mass is 16.7. The molecule has 6 heteroatoms. The van der Waals surface area contributed by atoms with Crippen molar-refractivity contribution in [3.8, 4) is 0 Å². The van der Waals surface area contributed by atoms with E-state index in [0.717, 1.165) is 38.5 Å². The minimum atomic E-state index is -0.445. The van der Waals surface area contributed by atoms with Crippen molar-refractivity contribution in [1.82, 2.24) is 5.06 Å². The Bertz CT molecular complexity index is 667. The van der Waals surface area contributed by atoms with Crippen molar-refractivity contribution in [3.05, 3.63) is 35.9 Å². The van der Waals surface area contributed by atoms with Crippen LogP contribution in [0.25, 0.3) is 0 Å². The Labute approximate surface area is 169 Å². The Balaban J connectivity index is 1.37. The van der Waals surface area contributed by atoms with Crippen LogP contribution in [0.4, 0.5) is 0 Å². The van der Waals surface area contributed by atoms with E-state index in [-0.39, 0.29) is 5.96 Å². The molecule has 0 radical (unpaired) electrons. The second-order valence-corrected chi connectivity index (χ2v) is 8.13. The Kier molecular flexibility index (Phi) is 7.31. The van der Waals surface area contributed by atoms with E-state index in [1.54, 1.807) is 5.06 Å². The van der Waals surface area contributed by atoms with Crippen LogP contribution in [0.3, 0.4) is 0 Å². The average molecular weight is 386 g/mol. The van der Waals surface area contributed by atoms with E-state index in [4.69, 9.17) is 16.3 Å². The fourth-order valence-electron chi connectivity index (χ4n) is 4.29. The fourth-order valence-corrected chi connectivity index (χ4v) is 4.29. The summed E-state index contributed by atoms with van der Waals surface area (Å²) in [7, 11) is 0. The highest BCUT2D eigenvalue weighted by molar-refractivity contribution is 5.95. The molecule has 1 aliphatic carbocycles. The number of nitrogens with two attached hydrogens (primary N) is 2. The molecule has 6 nitrogen and oxygen atoms in total. The lowest BCUT2D eigenvalue weighted by Crippen LogP contribution is -2.57. The van der Waals surface area contributed by atoms with Gasteiger partial charge in [0.05, 0.1) is 6.61 Å². The van der Waals surface area contributed by atoms with Crippen molar-refractivity contribution in [2.24, 2.45) is 21.5 Å². The minimum absolute atomic E-state index is 0.270.